The number of hydrogen-bond acceptors (Lipinski definition) is 4. The lowest BCUT2D eigenvalue weighted by Crippen LogP contribution is -2.39. The molecule has 5 nitrogen and oxygen atoms in total. The van der Waals surface area contributed by atoms with Crippen molar-refractivity contribution in [2.75, 3.05) is 13.2 Å². The normalized spacial score (nSPS) is 12.2. The molecule has 0 aliphatic carbocycles. The molecule has 0 radical (unpaired) electrons. The van der Waals surface area contributed by atoms with Gasteiger partial charge in [0.2, 0.25) is 0 Å². The number of nitrogens with one attached hydrogen (secondary N) is 1. The minimum absolute atomic E-state index is 0.0569. The fourth-order valence-corrected chi connectivity index (χ4v) is 0.825. The Balaban J connectivity index is 3.72. The van der Waals surface area contributed by atoms with Gasteiger partial charge in [-0.25, -0.2) is 0 Å². The van der Waals surface area contributed by atoms with Crippen molar-refractivity contribution >= 4 is 11.9 Å². The SMILES string of the molecule is CCOC(=O)CNC(CC)C(=O)O. The van der Waals surface area contributed by atoms with E-state index in [1.165, 1.54) is 0 Å². The van der Waals surface area contributed by atoms with Crippen LogP contribution in [0.25, 0.3) is 0 Å². The highest BCUT2D eigenvalue weighted by Crippen LogP contribution is 1.90. The predicted octanol–water partition coefficient (Wildman–Crippen LogP) is 0.00230. The second-order valence-electron chi connectivity index (χ2n) is 2.48. The molecule has 0 fully saturated rings. The molecule has 0 aromatic carbocycles. The van der Waals surface area contributed by atoms with E-state index in [0.29, 0.717) is 13.0 Å². The van der Waals surface area contributed by atoms with Gasteiger partial charge in [0.1, 0.15) is 6.04 Å². The first kappa shape index (κ1) is 11.9. The lowest BCUT2D eigenvalue weighted by Gasteiger charge is -2.10. The Hall–Kier alpha value is -1.10. The van der Waals surface area contributed by atoms with Crippen LogP contribution >= 0.6 is 0 Å². The van der Waals surface area contributed by atoms with Gasteiger partial charge in [0.05, 0.1) is 13.2 Å². The van der Waals surface area contributed by atoms with Crippen LogP contribution in [0, 0.1) is 0 Å². The van der Waals surface area contributed by atoms with Crippen molar-refractivity contribution in [2.24, 2.45) is 0 Å². The van der Waals surface area contributed by atoms with E-state index < -0.39 is 18.0 Å². The average molecular weight is 189 g/mol. The Morgan fingerprint density at radius 2 is 2.08 bits per heavy atom. The summed E-state index contributed by atoms with van der Waals surface area (Å²) in [6.07, 6.45) is 0.439. The summed E-state index contributed by atoms with van der Waals surface area (Å²) in [5, 5.41) is 11.2. The maximum Gasteiger partial charge on any atom is 0.320 e. The molecule has 0 aliphatic rings. The highest BCUT2D eigenvalue weighted by atomic mass is 16.5. The van der Waals surface area contributed by atoms with Gasteiger partial charge >= 0.3 is 11.9 Å². The van der Waals surface area contributed by atoms with Crippen LogP contribution in [0.5, 0.6) is 0 Å². The molecule has 0 bridgehead atoms. The molecule has 0 saturated heterocycles. The van der Waals surface area contributed by atoms with E-state index in [-0.39, 0.29) is 6.54 Å². The van der Waals surface area contributed by atoms with E-state index in [2.05, 4.69) is 10.1 Å². The number of carboxylic acids is 1. The standard InChI is InChI=1S/C8H15NO4/c1-3-6(8(11)12)9-5-7(10)13-4-2/h6,9H,3-5H2,1-2H3,(H,11,12). The van der Waals surface area contributed by atoms with Gasteiger partial charge in [0.15, 0.2) is 0 Å². The van der Waals surface area contributed by atoms with Crippen LogP contribution in [-0.2, 0) is 14.3 Å². The molecule has 0 aromatic heterocycles. The van der Waals surface area contributed by atoms with Crippen molar-refractivity contribution in [3.05, 3.63) is 0 Å². The summed E-state index contributed by atoms with van der Waals surface area (Å²) < 4.78 is 4.62. The lowest BCUT2D eigenvalue weighted by atomic mass is 10.2. The predicted molar refractivity (Wildman–Crippen MR) is 46.4 cm³/mol. The largest absolute Gasteiger partial charge is 0.480 e. The molecule has 76 valence electrons. The third-order valence-electron chi connectivity index (χ3n) is 1.50. The quantitative estimate of drug-likeness (QED) is 0.575. The fourth-order valence-electron chi connectivity index (χ4n) is 0.825. The summed E-state index contributed by atoms with van der Waals surface area (Å²) in [5.41, 5.74) is 0. The third kappa shape index (κ3) is 5.19. The topological polar surface area (TPSA) is 75.6 Å². The van der Waals surface area contributed by atoms with Gasteiger partial charge in [-0.2, -0.15) is 0 Å². The summed E-state index contributed by atoms with van der Waals surface area (Å²) in [6.45, 7) is 3.69. The maximum atomic E-state index is 10.8. The summed E-state index contributed by atoms with van der Waals surface area (Å²) in [5.74, 6) is -1.38. The van der Waals surface area contributed by atoms with Crippen LogP contribution in [-0.4, -0.2) is 36.2 Å². The van der Waals surface area contributed by atoms with E-state index >= 15 is 0 Å². The zero-order valence-corrected chi connectivity index (χ0v) is 7.87. The summed E-state index contributed by atoms with van der Waals surface area (Å²) >= 11 is 0. The molecule has 13 heavy (non-hydrogen) atoms. The fraction of sp³-hybridized carbons (Fsp3) is 0.750. The molecule has 0 aliphatic heterocycles. The molecule has 1 atom stereocenters. The minimum atomic E-state index is -0.952. The van der Waals surface area contributed by atoms with Crippen LogP contribution < -0.4 is 5.32 Å². The summed E-state index contributed by atoms with van der Waals surface area (Å²) in [7, 11) is 0. The summed E-state index contributed by atoms with van der Waals surface area (Å²) in [4.78, 5) is 21.3. The molecule has 0 amide bonds. The molecule has 0 heterocycles. The first-order valence-corrected chi connectivity index (χ1v) is 4.23. The number of hydrogen-bond donors (Lipinski definition) is 2. The smallest absolute Gasteiger partial charge is 0.320 e. The first-order valence-electron chi connectivity index (χ1n) is 4.23. The van der Waals surface area contributed by atoms with Crippen LogP contribution in [0.3, 0.4) is 0 Å². The van der Waals surface area contributed by atoms with Crippen molar-refractivity contribution < 1.29 is 19.4 Å². The maximum absolute atomic E-state index is 10.8. The van der Waals surface area contributed by atoms with E-state index in [4.69, 9.17) is 5.11 Å². The zero-order chi connectivity index (χ0) is 10.3. The molecule has 0 spiro atoms. The molecule has 0 aromatic rings. The van der Waals surface area contributed by atoms with Gasteiger partial charge in [-0.15, -0.1) is 0 Å². The second kappa shape index (κ2) is 6.42. The minimum Gasteiger partial charge on any atom is -0.480 e. The zero-order valence-electron chi connectivity index (χ0n) is 7.87. The summed E-state index contributed by atoms with van der Waals surface area (Å²) in [6, 6.07) is -0.676. The number of esters is 1. The number of rotatable bonds is 6. The van der Waals surface area contributed by atoms with Crippen LogP contribution in [0.1, 0.15) is 20.3 Å². The molecule has 1 unspecified atom stereocenters. The van der Waals surface area contributed by atoms with Gasteiger partial charge in [0.25, 0.3) is 0 Å². The number of ether oxygens (including phenoxy) is 1. The highest BCUT2D eigenvalue weighted by molar-refractivity contribution is 5.76. The van der Waals surface area contributed by atoms with E-state index in [1.54, 1.807) is 13.8 Å². The molecule has 2 N–H and O–H groups in total. The lowest BCUT2D eigenvalue weighted by molar-refractivity contribution is -0.143. The number of carbonyl (C=O) groups excluding carboxylic acids is 1. The highest BCUT2D eigenvalue weighted by Gasteiger charge is 2.15. The van der Waals surface area contributed by atoms with E-state index in [0.717, 1.165) is 0 Å². The van der Waals surface area contributed by atoms with Crippen molar-refractivity contribution in [1.29, 1.82) is 0 Å². The first-order chi connectivity index (χ1) is 6.11. The van der Waals surface area contributed by atoms with Crippen molar-refractivity contribution in [2.45, 2.75) is 26.3 Å². The number of carboxylic acid groups (broad SMARTS) is 1. The van der Waals surface area contributed by atoms with Gasteiger partial charge in [0, 0.05) is 0 Å². The van der Waals surface area contributed by atoms with Crippen LogP contribution in [0.15, 0.2) is 0 Å². The Bertz CT molecular complexity index is 181. The molecular formula is C8H15NO4. The van der Waals surface area contributed by atoms with E-state index in [1.807, 2.05) is 0 Å². The molecular weight excluding hydrogens is 174 g/mol. The Morgan fingerprint density at radius 1 is 1.46 bits per heavy atom. The van der Waals surface area contributed by atoms with Crippen molar-refractivity contribution in [3.63, 3.8) is 0 Å². The van der Waals surface area contributed by atoms with Gasteiger partial charge in [-0.3, -0.25) is 14.9 Å². The average Bonchev–Trinajstić information content (AvgIpc) is 2.05. The van der Waals surface area contributed by atoms with Crippen molar-refractivity contribution in [3.8, 4) is 0 Å². The molecule has 0 rings (SSSR count). The Labute approximate surface area is 77.1 Å². The number of carbonyl (C=O) groups is 2. The van der Waals surface area contributed by atoms with Crippen molar-refractivity contribution in [1.82, 2.24) is 5.32 Å². The van der Waals surface area contributed by atoms with Gasteiger partial charge < -0.3 is 9.84 Å². The Kier molecular flexibility index (Phi) is 5.88. The van der Waals surface area contributed by atoms with E-state index in [9.17, 15) is 9.59 Å². The van der Waals surface area contributed by atoms with Crippen LogP contribution in [0.4, 0.5) is 0 Å². The van der Waals surface area contributed by atoms with Gasteiger partial charge in [-0.05, 0) is 13.3 Å². The number of aliphatic carboxylic acids is 1. The molecule has 0 saturated carbocycles. The second-order valence-corrected chi connectivity index (χ2v) is 2.48. The van der Waals surface area contributed by atoms with Crippen LogP contribution in [0.2, 0.25) is 0 Å². The monoisotopic (exact) mass is 189 g/mol. The Morgan fingerprint density at radius 3 is 2.46 bits per heavy atom. The third-order valence-corrected chi connectivity index (χ3v) is 1.50. The van der Waals surface area contributed by atoms with Gasteiger partial charge in [-0.1, -0.05) is 6.92 Å². The molecule has 5 heteroatoms.